The van der Waals surface area contributed by atoms with Crippen LogP contribution in [0.3, 0.4) is 0 Å². The molecule has 3 N–H and O–H groups in total. The average Bonchev–Trinajstić information content (AvgIpc) is 2.64. The third kappa shape index (κ3) is 3.09. The zero-order valence-corrected chi connectivity index (χ0v) is 12.4. The molecular weight excluding hydrogens is 320 g/mol. The van der Waals surface area contributed by atoms with Crippen LogP contribution in [0.1, 0.15) is 22.0 Å². The van der Waals surface area contributed by atoms with Crippen molar-refractivity contribution in [1.29, 1.82) is 0 Å². The number of hydrogen-bond acceptors (Lipinski definition) is 3. The van der Waals surface area contributed by atoms with Gasteiger partial charge in [-0.1, -0.05) is 27.5 Å². The van der Waals surface area contributed by atoms with Gasteiger partial charge in [-0.25, -0.2) is 5.43 Å². The second kappa shape index (κ2) is 5.50. The Morgan fingerprint density at radius 1 is 1.29 bits per heavy atom. The number of nitrogens with one attached hydrogen (secondary N) is 1. The second-order valence-electron chi connectivity index (χ2n) is 3.79. The molecule has 0 saturated carbocycles. The molecule has 0 spiro atoms. The topological polar surface area (TPSA) is 38.0 Å². The Morgan fingerprint density at radius 2 is 2.06 bits per heavy atom. The van der Waals surface area contributed by atoms with E-state index in [1.807, 2.05) is 18.2 Å². The van der Waals surface area contributed by atoms with E-state index in [4.69, 9.17) is 17.4 Å². The zero-order chi connectivity index (χ0) is 12.4. The molecule has 0 aliphatic carbocycles. The van der Waals surface area contributed by atoms with E-state index in [1.165, 1.54) is 4.88 Å². The van der Waals surface area contributed by atoms with Gasteiger partial charge in [0.2, 0.25) is 0 Å². The predicted molar refractivity (Wildman–Crippen MR) is 77.4 cm³/mol. The van der Waals surface area contributed by atoms with E-state index in [1.54, 1.807) is 11.3 Å². The van der Waals surface area contributed by atoms with Gasteiger partial charge in [0.15, 0.2) is 0 Å². The van der Waals surface area contributed by atoms with Crippen molar-refractivity contribution in [2.75, 3.05) is 0 Å². The van der Waals surface area contributed by atoms with Crippen LogP contribution in [0, 0.1) is 6.92 Å². The Morgan fingerprint density at radius 3 is 2.59 bits per heavy atom. The maximum Gasteiger partial charge on any atom is 0.0719 e. The number of hydrogen-bond donors (Lipinski definition) is 2. The highest BCUT2D eigenvalue weighted by atomic mass is 79.9. The van der Waals surface area contributed by atoms with Crippen LogP contribution in [0.25, 0.3) is 0 Å². The summed E-state index contributed by atoms with van der Waals surface area (Å²) in [5, 5.41) is 2.80. The van der Waals surface area contributed by atoms with E-state index in [9.17, 15) is 0 Å². The molecule has 1 aromatic carbocycles. The quantitative estimate of drug-likeness (QED) is 0.658. The van der Waals surface area contributed by atoms with Crippen molar-refractivity contribution in [2.45, 2.75) is 13.0 Å². The first-order valence-corrected chi connectivity index (χ1v) is 7.12. The molecule has 0 radical (unpaired) electrons. The van der Waals surface area contributed by atoms with Gasteiger partial charge in [-0.3, -0.25) is 5.84 Å². The number of nitrogens with two attached hydrogens (primary N) is 1. The minimum atomic E-state index is -0.0325. The normalized spacial score (nSPS) is 12.7. The van der Waals surface area contributed by atoms with E-state index in [2.05, 4.69) is 39.7 Å². The maximum atomic E-state index is 6.05. The first-order chi connectivity index (χ1) is 8.10. The highest BCUT2D eigenvalue weighted by molar-refractivity contribution is 9.10. The van der Waals surface area contributed by atoms with Gasteiger partial charge in [0, 0.05) is 14.4 Å². The van der Waals surface area contributed by atoms with Crippen molar-refractivity contribution in [3.63, 3.8) is 0 Å². The Hall–Kier alpha value is -0.390. The highest BCUT2D eigenvalue weighted by Crippen LogP contribution is 2.29. The standard InChI is InChI=1S/C12H12BrClN2S/c1-7-2-9(6-17-7)12(16-15)8-3-10(13)5-11(14)4-8/h2-6,12,16H,15H2,1H3. The first-order valence-electron chi connectivity index (χ1n) is 5.07. The molecular formula is C12H12BrClN2S. The van der Waals surface area contributed by atoms with Gasteiger partial charge in [0.1, 0.15) is 0 Å². The molecule has 2 nitrogen and oxygen atoms in total. The van der Waals surface area contributed by atoms with E-state index >= 15 is 0 Å². The van der Waals surface area contributed by atoms with Crippen molar-refractivity contribution < 1.29 is 0 Å². The van der Waals surface area contributed by atoms with Crippen molar-refractivity contribution in [3.05, 3.63) is 55.1 Å². The van der Waals surface area contributed by atoms with Gasteiger partial charge >= 0.3 is 0 Å². The summed E-state index contributed by atoms with van der Waals surface area (Å²) in [6.45, 7) is 2.08. The van der Waals surface area contributed by atoms with Crippen molar-refractivity contribution in [2.24, 2.45) is 5.84 Å². The molecule has 0 aliphatic heterocycles. The van der Waals surface area contributed by atoms with Crippen LogP contribution in [0.4, 0.5) is 0 Å². The van der Waals surface area contributed by atoms with Crippen LogP contribution < -0.4 is 11.3 Å². The molecule has 5 heteroatoms. The lowest BCUT2D eigenvalue weighted by molar-refractivity contribution is 0.638. The van der Waals surface area contributed by atoms with Gasteiger partial charge in [-0.2, -0.15) is 0 Å². The number of benzene rings is 1. The lowest BCUT2D eigenvalue weighted by Crippen LogP contribution is -2.28. The molecule has 2 aromatic rings. The zero-order valence-electron chi connectivity index (χ0n) is 9.21. The minimum absolute atomic E-state index is 0.0325. The van der Waals surface area contributed by atoms with Crippen LogP contribution in [-0.2, 0) is 0 Å². The minimum Gasteiger partial charge on any atom is -0.271 e. The molecule has 1 heterocycles. The molecule has 1 atom stereocenters. The summed E-state index contributed by atoms with van der Waals surface area (Å²) in [5.41, 5.74) is 5.03. The Labute approximate surface area is 118 Å². The summed E-state index contributed by atoms with van der Waals surface area (Å²) in [4.78, 5) is 1.27. The van der Waals surface area contributed by atoms with Crippen molar-refractivity contribution >= 4 is 38.9 Å². The summed E-state index contributed by atoms with van der Waals surface area (Å²) >= 11 is 11.2. The molecule has 17 heavy (non-hydrogen) atoms. The van der Waals surface area contributed by atoms with Gasteiger partial charge in [-0.05, 0) is 47.7 Å². The van der Waals surface area contributed by atoms with Crippen molar-refractivity contribution in [1.82, 2.24) is 5.43 Å². The molecule has 0 bridgehead atoms. The maximum absolute atomic E-state index is 6.05. The summed E-state index contributed by atoms with van der Waals surface area (Å²) < 4.78 is 0.951. The van der Waals surface area contributed by atoms with Crippen LogP contribution in [0.5, 0.6) is 0 Å². The fraction of sp³-hybridized carbons (Fsp3) is 0.167. The molecule has 0 amide bonds. The highest BCUT2D eigenvalue weighted by Gasteiger charge is 2.14. The Bertz CT molecular complexity index is 507. The van der Waals surface area contributed by atoms with Crippen LogP contribution >= 0.6 is 38.9 Å². The molecule has 2 rings (SSSR count). The molecule has 90 valence electrons. The molecule has 0 saturated heterocycles. The van der Waals surface area contributed by atoms with E-state index in [0.29, 0.717) is 5.02 Å². The van der Waals surface area contributed by atoms with Crippen molar-refractivity contribution in [3.8, 4) is 0 Å². The smallest absolute Gasteiger partial charge is 0.0719 e. The number of aryl methyl sites for hydroxylation is 1. The summed E-state index contributed by atoms with van der Waals surface area (Å²) in [5.74, 6) is 5.64. The molecule has 1 aromatic heterocycles. The number of hydrazine groups is 1. The summed E-state index contributed by atoms with van der Waals surface area (Å²) in [7, 11) is 0. The number of halogens is 2. The summed E-state index contributed by atoms with van der Waals surface area (Å²) in [6, 6.07) is 7.89. The van der Waals surface area contributed by atoms with E-state index < -0.39 is 0 Å². The van der Waals surface area contributed by atoms with Gasteiger partial charge in [0.25, 0.3) is 0 Å². The third-order valence-corrected chi connectivity index (χ3v) is 4.02. The lowest BCUT2D eigenvalue weighted by atomic mass is 10.0. The number of rotatable bonds is 3. The Balaban J connectivity index is 2.41. The van der Waals surface area contributed by atoms with Gasteiger partial charge in [0.05, 0.1) is 6.04 Å². The third-order valence-electron chi connectivity index (χ3n) is 2.47. The van der Waals surface area contributed by atoms with E-state index in [-0.39, 0.29) is 6.04 Å². The monoisotopic (exact) mass is 330 g/mol. The van der Waals surface area contributed by atoms with Gasteiger partial charge < -0.3 is 0 Å². The van der Waals surface area contributed by atoms with E-state index in [0.717, 1.165) is 15.6 Å². The number of thiophene rings is 1. The van der Waals surface area contributed by atoms with Crippen LogP contribution in [-0.4, -0.2) is 0 Å². The molecule has 0 aliphatic rings. The molecule has 1 unspecified atom stereocenters. The fourth-order valence-corrected chi connectivity index (χ4v) is 3.36. The SMILES string of the molecule is Cc1cc(C(NN)c2cc(Cl)cc(Br)c2)cs1. The Kier molecular flexibility index (Phi) is 4.22. The van der Waals surface area contributed by atoms with Crippen LogP contribution in [0.2, 0.25) is 5.02 Å². The summed E-state index contributed by atoms with van der Waals surface area (Å²) in [6.07, 6.45) is 0. The average molecular weight is 332 g/mol. The molecule has 0 fully saturated rings. The second-order valence-corrected chi connectivity index (χ2v) is 6.26. The predicted octanol–water partition coefficient (Wildman–Crippen LogP) is 4.03. The lowest BCUT2D eigenvalue weighted by Gasteiger charge is -2.15. The largest absolute Gasteiger partial charge is 0.271 e. The van der Waals surface area contributed by atoms with Gasteiger partial charge in [-0.15, -0.1) is 11.3 Å². The van der Waals surface area contributed by atoms with Crippen LogP contribution in [0.15, 0.2) is 34.1 Å². The first kappa shape index (κ1) is 13.1. The fourth-order valence-electron chi connectivity index (χ4n) is 1.74.